The summed E-state index contributed by atoms with van der Waals surface area (Å²) in [6, 6.07) is 3.17. The van der Waals surface area contributed by atoms with Gasteiger partial charge in [0.15, 0.2) is 17.3 Å². The smallest absolute Gasteiger partial charge is 0.272 e. The van der Waals surface area contributed by atoms with Crippen molar-refractivity contribution in [2.24, 2.45) is 0 Å². The van der Waals surface area contributed by atoms with Crippen LogP contribution in [-0.4, -0.2) is 54.8 Å². The van der Waals surface area contributed by atoms with Crippen LogP contribution in [0.15, 0.2) is 12.1 Å². The lowest BCUT2D eigenvalue weighted by Gasteiger charge is -2.20. The van der Waals surface area contributed by atoms with Gasteiger partial charge in [-0.25, -0.2) is 0 Å². The third kappa shape index (κ3) is 3.90. The zero-order chi connectivity index (χ0) is 22.0. The highest BCUT2D eigenvalue weighted by Crippen LogP contribution is 2.35. The maximum Gasteiger partial charge on any atom is 0.272 e. The fourth-order valence-corrected chi connectivity index (χ4v) is 3.94. The molecule has 0 unspecified atom stereocenters. The van der Waals surface area contributed by atoms with Gasteiger partial charge >= 0.3 is 0 Å². The molecular weight excluding hydrogens is 386 g/mol. The number of hydrogen-bond acceptors (Lipinski definition) is 5. The van der Waals surface area contributed by atoms with Gasteiger partial charge in [-0.3, -0.25) is 14.4 Å². The molecule has 1 saturated heterocycles. The summed E-state index contributed by atoms with van der Waals surface area (Å²) in [6.45, 7) is 6.29. The number of aryl methyl sites for hydroxylation is 1. The van der Waals surface area contributed by atoms with Crippen LogP contribution in [0.3, 0.4) is 0 Å². The van der Waals surface area contributed by atoms with Gasteiger partial charge in [0, 0.05) is 30.4 Å². The third-order valence-corrected chi connectivity index (χ3v) is 5.41. The summed E-state index contributed by atoms with van der Waals surface area (Å²) in [5, 5.41) is 2.81. The molecule has 30 heavy (non-hydrogen) atoms. The molecule has 0 aliphatic carbocycles. The maximum absolute atomic E-state index is 13.1. The number of amides is 2. The Balaban J connectivity index is 2.02. The maximum atomic E-state index is 13.1. The van der Waals surface area contributed by atoms with Crippen LogP contribution in [0, 0.1) is 13.8 Å². The van der Waals surface area contributed by atoms with E-state index in [1.807, 2.05) is 0 Å². The number of rotatable bonds is 6. The van der Waals surface area contributed by atoms with E-state index in [4.69, 9.17) is 9.47 Å². The molecule has 1 fully saturated rings. The first-order valence-corrected chi connectivity index (χ1v) is 9.85. The lowest BCUT2D eigenvalue weighted by atomic mass is 10.1. The summed E-state index contributed by atoms with van der Waals surface area (Å²) in [4.78, 5) is 42.8. The Bertz CT molecular complexity index is 1000. The van der Waals surface area contributed by atoms with Gasteiger partial charge in [0.2, 0.25) is 0 Å². The minimum absolute atomic E-state index is 0.115. The van der Waals surface area contributed by atoms with Gasteiger partial charge in [-0.05, 0) is 45.2 Å². The first-order valence-electron chi connectivity index (χ1n) is 9.85. The Morgan fingerprint density at radius 1 is 1.03 bits per heavy atom. The number of aromatic amines is 1. The number of carbonyl (C=O) groups is 3. The Morgan fingerprint density at radius 3 is 2.17 bits per heavy atom. The first kappa shape index (κ1) is 21.4. The number of hydrogen-bond donors (Lipinski definition) is 2. The molecule has 0 spiro atoms. The van der Waals surface area contributed by atoms with Crippen molar-refractivity contribution in [2.45, 2.75) is 33.6 Å². The number of carbonyl (C=O) groups excluding carboxylic acids is 3. The molecule has 160 valence electrons. The molecule has 0 saturated carbocycles. The van der Waals surface area contributed by atoms with Gasteiger partial charge in [0.1, 0.15) is 5.69 Å². The van der Waals surface area contributed by atoms with Crippen LogP contribution in [0.25, 0.3) is 0 Å². The van der Waals surface area contributed by atoms with Crippen molar-refractivity contribution in [1.29, 1.82) is 0 Å². The van der Waals surface area contributed by atoms with Crippen LogP contribution in [0.4, 0.5) is 5.69 Å². The van der Waals surface area contributed by atoms with Gasteiger partial charge < -0.3 is 24.7 Å². The number of nitrogens with one attached hydrogen (secondary N) is 2. The molecule has 2 amide bonds. The summed E-state index contributed by atoms with van der Waals surface area (Å²) < 4.78 is 10.7. The van der Waals surface area contributed by atoms with E-state index < -0.39 is 5.91 Å². The van der Waals surface area contributed by atoms with Crippen molar-refractivity contribution in [3.8, 4) is 11.5 Å². The third-order valence-electron chi connectivity index (χ3n) is 5.41. The minimum Gasteiger partial charge on any atom is -0.493 e. The fraction of sp³-hybridized carbons (Fsp3) is 0.409. The second kappa shape index (κ2) is 8.61. The number of likely N-dealkylation sites (tertiary alicyclic amines) is 1. The van der Waals surface area contributed by atoms with Crippen molar-refractivity contribution >= 4 is 23.3 Å². The van der Waals surface area contributed by atoms with Crippen LogP contribution in [0.2, 0.25) is 0 Å². The van der Waals surface area contributed by atoms with E-state index in [1.54, 1.807) is 30.9 Å². The van der Waals surface area contributed by atoms with Crippen LogP contribution >= 0.6 is 0 Å². The van der Waals surface area contributed by atoms with Crippen molar-refractivity contribution in [3.63, 3.8) is 0 Å². The number of ketones is 1. The van der Waals surface area contributed by atoms with E-state index in [0.29, 0.717) is 52.7 Å². The molecule has 8 heteroatoms. The second-order valence-corrected chi connectivity index (χ2v) is 7.39. The first-order chi connectivity index (χ1) is 14.3. The molecule has 2 heterocycles. The average molecular weight is 413 g/mol. The summed E-state index contributed by atoms with van der Waals surface area (Å²) >= 11 is 0. The number of nitrogens with zero attached hydrogens (tertiary/aromatic N) is 1. The van der Waals surface area contributed by atoms with Gasteiger partial charge in [-0.2, -0.15) is 0 Å². The summed E-state index contributed by atoms with van der Waals surface area (Å²) in [7, 11) is 2.98. The second-order valence-electron chi connectivity index (χ2n) is 7.39. The molecule has 0 atom stereocenters. The van der Waals surface area contributed by atoms with Crippen molar-refractivity contribution in [2.75, 3.05) is 32.6 Å². The highest BCUT2D eigenvalue weighted by atomic mass is 16.5. The normalized spacial score (nSPS) is 13.3. The largest absolute Gasteiger partial charge is 0.493 e. The van der Waals surface area contributed by atoms with Gasteiger partial charge in [-0.15, -0.1) is 0 Å². The molecule has 0 radical (unpaired) electrons. The Labute approximate surface area is 175 Å². The van der Waals surface area contributed by atoms with E-state index in [2.05, 4.69) is 10.3 Å². The number of aromatic nitrogens is 1. The summed E-state index contributed by atoms with van der Waals surface area (Å²) in [5.41, 5.74) is 2.64. The Kier molecular flexibility index (Phi) is 6.14. The van der Waals surface area contributed by atoms with Crippen LogP contribution in [0.5, 0.6) is 11.5 Å². The SMILES string of the molecule is COc1cc(NC(=O)c2[nH]c(C)c(C(C)=O)c2C)c(C(=O)N2CCCC2)cc1OC. The van der Waals surface area contributed by atoms with E-state index in [-0.39, 0.29) is 17.4 Å². The number of Topliss-reactive ketones (excluding diaryl/α,β-unsaturated/α-hetero) is 1. The van der Waals surface area contributed by atoms with Crippen LogP contribution in [0.1, 0.15) is 62.2 Å². The van der Waals surface area contributed by atoms with E-state index >= 15 is 0 Å². The zero-order valence-electron chi connectivity index (χ0n) is 18.0. The molecule has 1 aromatic heterocycles. The zero-order valence-corrected chi connectivity index (χ0v) is 18.0. The average Bonchev–Trinajstić information content (AvgIpc) is 3.35. The van der Waals surface area contributed by atoms with E-state index in [0.717, 1.165) is 12.8 Å². The van der Waals surface area contributed by atoms with Gasteiger partial charge in [-0.1, -0.05) is 0 Å². The molecule has 1 aromatic carbocycles. The quantitative estimate of drug-likeness (QED) is 0.708. The number of methoxy groups -OCH3 is 2. The van der Waals surface area contributed by atoms with Crippen molar-refractivity contribution in [1.82, 2.24) is 9.88 Å². The molecule has 2 aromatic rings. The van der Waals surface area contributed by atoms with Crippen molar-refractivity contribution in [3.05, 3.63) is 40.2 Å². The molecule has 2 N–H and O–H groups in total. The highest BCUT2D eigenvalue weighted by molar-refractivity contribution is 6.11. The molecule has 3 rings (SSSR count). The topological polar surface area (TPSA) is 101 Å². The Morgan fingerprint density at radius 2 is 1.63 bits per heavy atom. The lowest BCUT2D eigenvalue weighted by molar-refractivity contribution is 0.0793. The van der Waals surface area contributed by atoms with E-state index in [9.17, 15) is 14.4 Å². The Hall–Kier alpha value is -3.29. The lowest BCUT2D eigenvalue weighted by Crippen LogP contribution is -2.29. The summed E-state index contributed by atoms with van der Waals surface area (Å²) in [6.07, 6.45) is 1.91. The number of anilines is 1. The highest BCUT2D eigenvalue weighted by Gasteiger charge is 2.26. The molecule has 1 aliphatic rings. The number of H-pyrrole nitrogens is 1. The minimum atomic E-state index is -0.439. The molecule has 1 aliphatic heterocycles. The standard InChI is InChI=1S/C22H27N3O5/c1-12-19(14(3)26)13(2)23-20(12)21(27)24-16-11-18(30-5)17(29-4)10-15(16)22(28)25-8-6-7-9-25/h10-11,23H,6-9H2,1-5H3,(H,24,27). The van der Waals surface area contributed by atoms with Gasteiger partial charge in [0.25, 0.3) is 11.8 Å². The number of ether oxygens (including phenoxy) is 2. The summed E-state index contributed by atoms with van der Waals surface area (Å²) in [5.74, 6) is 0.0769. The number of benzene rings is 1. The van der Waals surface area contributed by atoms with E-state index in [1.165, 1.54) is 21.1 Å². The molecule has 8 nitrogen and oxygen atoms in total. The molecule has 0 bridgehead atoms. The fourth-order valence-electron chi connectivity index (χ4n) is 3.94. The predicted molar refractivity (Wildman–Crippen MR) is 113 cm³/mol. The molecular formula is C22H27N3O5. The monoisotopic (exact) mass is 413 g/mol. The van der Waals surface area contributed by atoms with Crippen LogP contribution in [-0.2, 0) is 0 Å². The van der Waals surface area contributed by atoms with Crippen LogP contribution < -0.4 is 14.8 Å². The van der Waals surface area contributed by atoms with Gasteiger partial charge in [0.05, 0.1) is 25.5 Å². The predicted octanol–water partition coefficient (Wildman–Crippen LogP) is 3.34. The van der Waals surface area contributed by atoms with Crippen molar-refractivity contribution < 1.29 is 23.9 Å².